The van der Waals surface area contributed by atoms with Crippen LogP contribution in [0.2, 0.25) is 0 Å². The van der Waals surface area contributed by atoms with Crippen molar-refractivity contribution in [3.05, 3.63) is 71.3 Å². The van der Waals surface area contributed by atoms with Gasteiger partial charge in [-0.2, -0.15) is 0 Å². The number of aliphatic hydroxyl groups is 1. The van der Waals surface area contributed by atoms with Gasteiger partial charge in [0.1, 0.15) is 6.04 Å². The van der Waals surface area contributed by atoms with Gasteiger partial charge in [-0.05, 0) is 50.3 Å². The quantitative estimate of drug-likeness (QED) is 0.437. The Morgan fingerprint density at radius 1 is 1.14 bits per heavy atom. The number of thioether (sulfide) groups is 1. The molecule has 0 aliphatic carbocycles. The average molecular weight is 528 g/mol. The molecule has 0 saturated carbocycles. The van der Waals surface area contributed by atoms with E-state index in [9.17, 15) is 19.5 Å². The van der Waals surface area contributed by atoms with Crippen LogP contribution in [0.5, 0.6) is 0 Å². The number of hydrogen-bond donors (Lipinski definition) is 3. The number of rotatable bonds is 10. The molecule has 8 nitrogen and oxygen atoms in total. The van der Waals surface area contributed by atoms with E-state index in [0.29, 0.717) is 13.0 Å². The summed E-state index contributed by atoms with van der Waals surface area (Å²) in [5, 5.41) is 16.8. The maximum Gasteiger partial charge on any atom is 0.407 e. The molecule has 0 aromatic heterocycles. The maximum absolute atomic E-state index is 13.6. The molecule has 0 unspecified atom stereocenters. The molecule has 1 heterocycles. The lowest BCUT2D eigenvalue weighted by Gasteiger charge is -2.33. The first-order valence-electron chi connectivity index (χ1n) is 12.6. The molecular weight excluding hydrogens is 490 g/mol. The number of carbonyl (C=O) groups is 3. The third-order valence-electron chi connectivity index (χ3n) is 6.46. The summed E-state index contributed by atoms with van der Waals surface area (Å²) < 4.78 is 4.57. The lowest BCUT2D eigenvalue weighted by Crippen LogP contribution is -2.58. The highest BCUT2D eigenvalue weighted by molar-refractivity contribution is 8.00. The van der Waals surface area contributed by atoms with E-state index >= 15 is 0 Å². The zero-order valence-corrected chi connectivity index (χ0v) is 22.7. The summed E-state index contributed by atoms with van der Waals surface area (Å²) >= 11 is 1.48. The van der Waals surface area contributed by atoms with Crippen LogP contribution in [-0.2, 0) is 27.3 Å². The number of nitrogens with zero attached hydrogens (tertiary/aromatic N) is 1. The second-order valence-corrected chi connectivity index (χ2v) is 11.4. The molecule has 1 aliphatic heterocycles. The van der Waals surface area contributed by atoms with Crippen molar-refractivity contribution in [2.45, 2.75) is 70.0 Å². The highest BCUT2D eigenvalue weighted by atomic mass is 32.2. The summed E-state index contributed by atoms with van der Waals surface area (Å²) in [7, 11) is 0. The number of alkyl carbamates (subject to hydrolysis) is 1. The van der Waals surface area contributed by atoms with Crippen molar-refractivity contribution in [3.8, 4) is 0 Å². The van der Waals surface area contributed by atoms with Crippen molar-refractivity contribution in [1.82, 2.24) is 15.5 Å². The fourth-order valence-electron chi connectivity index (χ4n) is 4.34. The van der Waals surface area contributed by atoms with E-state index in [-0.39, 0.29) is 24.8 Å². The lowest BCUT2D eigenvalue weighted by molar-refractivity contribution is -0.147. The number of aliphatic hydroxyl groups excluding tert-OH is 1. The van der Waals surface area contributed by atoms with Gasteiger partial charge < -0.3 is 25.4 Å². The molecule has 3 rings (SSSR count). The Bertz CT molecular complexity index is 1080. The van der Waals surface area contributed by atoms with Gasteiger partial charge in [0, 0.05) is 11.3 Å². The molecule has 9 heteroatoms. The molecule has 37 heavy (non-hydrogen) atoms. The van der Waals surface area contributed by atoms with Gasteiger partial charge in [-0.15, -0.1) is 11.8 Å². The second kappa shape index (κ2) is 13.0. The van der Waals surface area contributed by atoms with Crippen molar-refractivity contribution in [2.24, 2.45) is 0 Å². The van der Waals surface area contributed by atoms with E-state index < -0.39 is 34.9 Å². The van der Waals surface area contributed by atoms with Crippen molar-refractivity contribution in [1.29, 1.82) is 0 Å². The average Bonchev–Trinajstić information content (AvgIpc) is 3.21. The van der Waals surface area contributed by atoms with E-state index in [0.717, 1.165) is 16.7 Å². The van der Waals surface area contributed by atoms with Crippen molar-refractivity contribution < 1.29 is 24.2 Å². The second-order valence-electron chi connectivity index (χ2n) is 9.75. The molecule has 1 aliphatic rings. The lowest BCUT2D eigenvalue weighted by atomic mass is 9.97. The van der Waals surface area contributed by atoms with Gasteiger partial charge in [0.2, 0.25) is 5.91 Å². The highest BCUT2D eigenvalue weighted by Gasteiger charge is 2.49. The van der Waals surface area contributed by atoms with Crippen molar-refractivity contribution in [3.63, 3.8) is 0 Å². The Morgan fingerprint density at radius 3 is 2.49 bits per heavy atom. The fraction of sp³-hybridized carbons (Fsp3) is 0.464. The molecule has 3 amide bonds. The maximum atomic E-state index is 13.6. The summed E-state index contributed by atoms with van der Waals surface area (Å²) in [4.78, 5) is 40.7. The summed E-state index contributed by atoms with van der Waals surface area (Å²) in [6.45, 7) is 8.26. The van der Waals surface area contributed by atoms with Crippen LogP contribution in [0.4, 0.5) is 4.79 Å². The highest BCUT2D eigenvalue weighted by Crippen LogP contribution is 2.40. The van der Waals surface area contributed by atoms with Gasteiger partial charge in [-0.1, -0.05) is 61.5 Å². The SMILES string of the molecule is CCCOC(=O)N[C@@H](Cc1ccccc1)[C@H](O)C(=O)N1CSC(C)(C)[C@H]1C(=O)NCc1ccccc1C. The Hall–Kier alpha value is -3.04. The minimum absolute atomic E-state index is 0.226. The van der Waals surface area contributed by atoms with Gasteiger partial charge in [0.05, 0.1) is 18.5 Å². The van der Waals surface area contributed by atoms with Crippen LogP contribution in [0, 0.1) is 6.92 Å². The predicted molar refractivity (Wildman–Crippen MR) is 145 cm³/mol. The number of amides is 3. The van der Waals surface area contributed by atoms with Crippen molar-refractivity contribution in [2.75, 3.05) is 12.5 Å². The zero-order chi connectivity index (χ0) is 27.0. The van der Waals surface area contributed by atoms with Gasteiger partial charge >= 0.3 is 6.09 Å². The third kappa shape index (κ3) is 7.49. The normalized spacial score (nSPS) is 18.1. The fourth-order valence-corrected chi connectivity index (χ4v) is 5.48. The Morgan fingerprint density at radius 2 is 1.81 bits per heavy atom. The molecular formula is C28H37N3O5S. The number of aryl methyl sites for hydroxylation is 1. The monoisotopic (exact) mass is 527 g/mol. The van der Waals surface area contributed by atoms with Gasteiger partial charge in [-0.25, -0.2) is 4.79 Å². The summed E-state index contributed by atoms with van der Waals surface area (Å²) in [6, 6.07) is 15.4. The number of benzene rings is 2. The minimum Gasteiger partial charge on any atom is -0.450 e. The standard InChI is InChI=1S/C28H37N3O5S/c1-5-15-36-27(35)30-22(16-20-12-7-6-8-13-20)23(32)26(34)31-18-37-28(3,4)24(31)25(33)29-17-21-14-10-9-11-19(21)2/h6-14,22-24,32H,5,15-18H2,1-4H3,(H,29,33)(H,30,35)/t22-,23-,24+/m0/s1. The Labute approximate surface area is 223 Å². The van der Waals surface area contributed by atoms with E-state index in [1.165, 1.54) is 16.7 Å². The predicted octanol–water partition coefficient (Wildman–Crippen LogP) is 3.40. The number of ether oxygens (including phenoxy) is 1. The molecule has 1 fully saturated rings. The number of nitrogens with one attached hydrogen (secondary N) is 2. The largest absolute Gasteiger partial charge is 0.450 e. The van der Waals surface area contributed by atoms with Gasteiger partial charge in [-0.3, -0.25) is 9.59 Å². The van der Waals surface area contributed by atoms with Crippen LogP contribution >= 0.6 is 11.8 Å². The molecule has 200 valence electrons. The van der Waals surface area contributed by atoms with Gasteiger partial charge in [0.25, 0.3) is 5.91 Å². The van der Waals surface area contributed by atoms with Crippen LogP contribution in [0.3, 0.4) is 0 Å². The molecule has 3 N–H and O–H groups in total. The van der Waals surface area contributed by atoms with Gasteiger partial charge in [0.15, 0.2) is 6.10 Å². The Balaban J connectivity index is 1.77. The van der Waals surface area contributed by atoms with E-state index in [2.05, 4.69) is 10.6 Å². The molecule has 0 spiro atoms. The van der Waals surface area contributed by atoms with Crippen LogP contribution in [0.1, 0.15) is 43.9 Å². The minimum atomic E-state index is -1.56. The zero-order valence-electron chi connectivity index (χ0n) is 21.9. The van der Waals surface area contributed by atoms with Crippen LogP contribution < -0.4 is 10.6 Å². The summed E-state index contributed by atoms with van der Waals surface area (Å²) in [6.07, 6.45) is -1.38. The molecule has 1 saturated heterocycles. The smallest absolute Gasteiger partial charge is 0.407 e. The first-order valence-corrected chi connectivity index (χ1v) is 13.5. The van der Waals surface area contributed by atoms with Crippen LogP contribution in [0.15, 0.2) is 54.6 Å². The van der Waals surface area contributed by atoms with Crippen LogP contribution in [0.25, 0.3) is 0 Å². The van der Waals surface area contributed by atoms with E-state index in [4.69, 9.17) is 4.74 Å². The molecule has 0 radical (unpaired) electrons. The summed E-state index contributed by atoms with van der Waals surface area (Å²) in [5.41, 5.74) is 2.91. The number of carbonyl (C=O) groups excluding carboxylic acids is 3. The first-order chi connectivity index (χ1) is 17.6. The van der Waals surface area contributed by atoms with E-state index in [1.54, 1.807) is 0 Å². The Kier molecular flexibility index (Phi) is 10.00. The first kappa shape index (κ1) is 28.5. The van der Waals surface area contributed by atoms with Crippen molar-refractivity contribution >= 4 is 29.7 Å². The molecule has 2 aromatic carbocycles. The summed E-state index contributed by atoms with van der Waals surface area (Å²) in [5.74, 6) is -0.636. The topological polar surface area (TPSA) is 108 Å². The van der Waals surface area contributed by atoms with Crippen LogP contribution in [-0.4, -0.2) is 63.3 Å². The molecule has 2 aromatic rings. The molecule has 0 bridgehead atoms. The van der Waals surface area contributed by atoms with E-state index in [1.807, 2.05) is 82.3 Å². The number of hydrogen-bond acceptors (Lipinski definition) is 6. The molecule has 3 atom stereocenters. The third-order valence-corrected chi connectivity index (χ3v) is 7.84.